The summed E-state index contributed by atoms with van der Waals surface area (Å²) in [5, 5.41) is 0. The van der Waals surface area contributed by atoms with Crippen LogP contribution in [0.3, 0.4) is 0 Å². The molecule has 1 aromatic heterocycles. The molecule has 8 nitrogen and oxygen atoms in total. The Morgan fingerprint density at radius 2 is 2.26 bits per heavy atom. The third kappa shape index (κ3) is 2.90. The molecule has 0 aromatic carbocycles. The fourth-order valence-corrected chi connectivity index (χ4v) is 3.48. The van der Waals surface area contributed by atoms with E-state index >= 15 is 0 Å². The van der Waals surface area contributed by atoms with E-state index in [-0.39, 0.29) is 18.0 Å². The average molecular weight is 348 g/mol. The molecule has 3 rings (SSSR count). The van der Waals surface area contributed by atoms with Gasteiger partial charge in [0, 0.05) is 6.20 Å². The number of nitrogens with two attached hydrogens (primary N) is 1. The molecule has 2 fully saturated rings. The Balaban J connectivity index is 1.86. The number of rotatable bonds is 2. The second kappa shape index (κ2) is 5.91. The van der Waals surface area contributed by atoms with Crippen LogP contribution in [0.1, 0.15) is 20.1 Å². The molecular weight excluding hydrogens is 332 g/mol. The number of alkyl halides is 2. The van der Waals surface area contributed by atoms with E-state index in [0.29, 0.717) is 4.57 Å². The molecule has 23 heavy (non-hydrogen) atoms. The quantitative estimate of drug-likeness (QED) is 0.617. The normalized spacial score (nSPS) is 30.3. The van der Waals surface area contributed by atoms with Crippen LogP contribution in [0.4, 0.5) is 14.6 Å². The Kier molecular flexibility index (Phi) is 4.23. The van der Waals surface area contributed by atoms with Gasteiger partial charge in [-0.3, -0.25) is 4.57 Å². The van der Waals surface area contributed by atoms with Gasteiger partial charge in [0.25, 0.3) is 0 Å². The van der Waals surface area contributed by atoms with Gasteiger partial charge in [0.1, 0.15) is 24.1 Å². The summed E-state index contributed by atoms with van der Waals surface area (Å²) in [4.78, 5) is 20.1. The van der Waals surface area contributed by atoms with E-state index in [0.717, 1.165) is 6.20 Å². The molecule has 2 saturated heterocycles. The Labute approximate surface area is 131 Å². The highest BCUT2D eigenvalue weighted by molar-refractivity contribution is 6.45. The van der Waals surface area contributed by atoms with E-state index in [1.54, 1.807) is 0 Å². The number of nitrogens with zero attached hydrogens (tertiary/aromatic N) is 2. The van der Waals surface area contributed by atoms with Gasteiger partial charge in [0.15, 0.2) is 6.10 Å². The zero-order valence-electron chi connectivity index (χ0n) is 12.4. The van der Waals surface area contributed by atoms with Gasteiger partial charge in [0.2, 0.25) is 6.23 Å². The predicted octanol–water partition coefficient (Wildman–Crippen LogP) is 0.603. The maximum Gasteiger partial charge on any atom is 0.689 e. The largest absolute Gasteiger partial charge is 0.689 e. The number of anilines is 1. The van der Waals surface area contributed by atoms with Crippen LogP contribution in [0.2, 0.25) is 5.54 Å². The minimum Gasteiger partial charge on any atom is -0.383 e. The number of ether oxygens (including phenoxy) is 1. The summed E-state index contributed by atoms with van der Waals surface area (Å²) >= 11 is 0. The van der Waals surface area contributed by atoms with Gasteiger partial charge in [-0.2, -0.15) is 18.7 Å². The summed E-state index contributed by atoms with van der Waals surface area (Å²) in [6, 6.07) is 1.24. The molecule has 0 bridgehead atoms. The Morgan fingerprint density at radius 3 is 2.91 bits per heavy atom. The van der Waals surface area contributed by atoms with Gasteiger partial charge in [0.05, 0.1) is 0 Å². The minimum atomic E-state index is -3.50. The van der Waals surface area contributed by atoms with Crippen molar-refractivity contribution in [2.75, 3.05) is 12.3 Å². The van der Waals surface area contributed by atoms with E-state index in [2.05, 4.69) is 4.98 Å². The topological polar surface area (TPSA) is 97.8 Å². The summed E-state index contributed by atoms with van der Waals surface area (Å²) < 4.78 is 45.8. The van der Waals surface area contributed by atoms with Crippen LogP contribution >= 0.6 is 0 Å². The van der Waals surface area contributed by atoms with Crippen molar-refractivity contribution in [2.24, 2.45) is 0 Å². The fraction of sp³-hybridized carbons (Fsp3) is 0.667. The minimum absolute atomic E-state index is 0.0205. The Hall–Kier alpha value is -1.40. The number of hydrogen-bond acceptors (Lipinski definition) is 7. The fourth-order valence-electron chi connectivity index (χ4n) is 2.37. The van der Waals surface area contributed by atoms with Crippen LogP contribution in [-0.4, -0.2) is 43.6 Å². The van der Waals surface area contributed by atoms with Gasteiger partial charge < -0.3 is 10.5 Å². The molecule has 11 heteroatoms. The third-order valence-electron chi connectivity index (χ3n) is 3.55. The lowest BCUT2D eigenvalue weighted by molar-refractivity contribution is -0.299. The van der Waals surface area contributed by atoms with E-state index in [9.17, 15) is 13.6 Å². The molecule has 2 aliphatic heterocycles. The van der Waals surface area contributed by atoms with Crippen molar-refractivity contribution in [3.05, 3.63) is 22.7 Å². The summed E-state index contributed by atoms with van der Waals surface area (Å²) in [5.41, 5.74) is 4.45. The molecular formula is C12H16F2N3O5Si+. The van der Waals surface area contributed by atoms with Crippen LogP contribution in [0, 0.1) is 0 Å². The highest BCUT2D eigenvalue weighted by Crippen LogP contribution is 2.45. The van der Waals surface area contributed by atoms with Gasteiger partial charge >= 0.3 is 20.9 Å². The second-order valence-electron chi connectivity index (χ2n) is 5.63. The zero-order valence-corrected chi connectivity index (χ0v) is 13.4. The molecule has 0 saturated carbocycles. The van der Waals surface area contributed by atoms with Gasteiger partial charge in [-0.25, -0.2) is 9.22 Å². The number of hydrogen-bond donors (Lipinski definition) is 1. The SMILES string of the molecule is CC(C)[Si+]1OC[C@H]2O[C@@H](n3ccc(N)nc3=O)C(F)(F)[C@@H]2OO1. The highest BCUT2D eigenvalue weighted by Gasteiger charge is 2.65. The first-order valence-electron chi connectivity index (χ1n) is 7.01. The van der Waals surface area contributed by atoms with Crippen molar-refractivity contribution in [3.63, 3.8) is 0 Å². The first kappa shape index (κ1) is 16.5. The molecule has 3 heterocycles. The van der Waals surface area contributed by atoms with Crippen molar-refractivity contribution in [1.29, 1.82) is 0 Å². The Morgan fingerprint density at radius 1 is 1.52 bits per heavy atom. The summed E-state index contributed by atoms with van der Waals surface area (Å²) in [5.74, 6) is -3.56. The number of aromatic nitrogens is 2. The van der Waals surface area contributed by atoms with E-state index < -0.39 is 39.3 Å². The lowest BCUT2D eigenvalue weighted by Crippen LogP contribution is -2.43. The highest BCUT2D eigenvalue weighted by atomic mass is 28.3. The van der Waals surface area contributed by atoms with Crippen molar-refractivity contribution in [2.45, 2.75) is 43.7 Å². The molecule has 3 atom stereocenters. The molecule has 1 aromatic rings. The zero-order chi connectivity index (χ0) is 16.8. The van der Waals surface area contributed by atoms with Gasteiger partial charge in [-0.05, 0) is 24.5 Å². The van der Waals surface area contributed by atoms with E-state index in [1.165, 1.54) is 6.07 Å². The lowest BCUT2D eigenvalue weighted by atomic mass is 10.1. The average Bonchev–Trinajstić information content (AvgIpc) is 2.63. The first-order chi connectivity index (χ1) is 10.8. The van der Waals surface area contributed by atoms with Gasteiger partial charge in [-0.1, -0.05) is 0 Å². The number of fused-ring (bicyclic) bond motifs is 1. The molecule has 0 spiro atoms. The van der Waals surface area contributed by atoms with Crippen LogP contribution in [0.25, 0.3) is 0 Å². The maximum atomic E-state index is 14.6. The lowest BCUT2D eigenvalue weighted by Gasteiger charge is -2.21. The summed E-state index contributed by atoms with van der Waals surface area (Å²) in [6.45, 7) is 3.60. The van der Waals surface area contributed by atoms with Crippen molar-refractivity contribution in [1.82, 2.24) is 9.55 Å². The third-order valence-corrected chi connectivity index (χ3v) is 5.20. The van der Waals surface area contributed by atoms with E-state index in [4.69, 9.17) is 24.4 Å². The van der Waals surface area contributed by atoms with Crippen LogP contribution < -0.4 is 11.4 Å². The van der Waals surface area contributed by atoms with E-state index in [1.807, 2.05) is 13.8 Å². The molecule has 0 unspecified atom stereocenters. The van der Waals surface area contributed by atoms with Crippen molar-refractivity contribution in [3.8, 4) is 0 Å². The summed E-state index contributed by atoms with van der Waals surface area (Å²) in [6.07, 6.45) is -3.48. The Bertz CT molecular complexity index is 643. The van der Waals surface area contributed by atoms with Crippen molar-refractivity contribution >= 4 is 15.1 Å². The standard InChI is InChI=1S/C12H15F2N3O5Si/c1-6(2)23-19-5-7-9(21-22-23)12(13,14)10(20-7)17-4-3-8(15)16-11(17)18/h3-4,6-7,9-10H,5H2,1-2H3,(H-,15,16,18)/p+1/t7-,9-,10-/m1/s1. The number of halogens is 2. The van der Waals surface area contributed by atoms with Crippen LogP contribution in [0.15, 0.2) is 17.1 Å². The van der Waals surface area contributed by atoms with Crippen molar-refractivity contribution < 1.29 is 27.4 Å². The van der Waals surface area contributed by atoms with Crippen LogP contribution in [-0.2, 0) is 18.6 Å². The molecule has 126 valence electrons. The van der Waals surface area contributed by atoms with Gasteiger partial charge in [-0.15, -0.1) is 0 Å². The molecule has 2 N–H and O–H groups in total. The monoisotopic (exact) mass is 348 g/mol. The first-order valence-corrected chi connectivity index (χ1v) is 8.41. The molecule has 0 radical (unpaired) electrons. The molecule has 2 aliphatic rings. The summed E-state index contributed by atoms with van der Waals surface area (Å²) in [7, 11) is -1.82. The maximum absolute atomic E-state index is 14.6. The second-order valence-corrected chi connectivity index (χ2v) is 7.88. The van der Waals surface area contributed by atoms with Crippen LogP contribution in [0.5, 0.6) is 0 Å². The number of nitrogen functional groups attached to an aromatic ring is 1. The molecule has 0 amide bonds. The smallest absolute Gasteiger partial charge is 0.383 e. The molecule has 0 aliphatic carbocycles. The predicted molar refractivity (Wildman–Crippen MR) is 74.5 cm³/mol.